The zero-order valence-electron chi connectivity index (χ0n) is 19.8. The number of carbonyl (C=O) groups excluding carboxylic acids is 2. The Morgan fingerprint density at radius 1 is 1.09 bits per heavy atom. The standard InChI is InChI=1S/C22H25N5O4.C2H4O2/c1-14(2)27-18-6-4-3-5-17(18)22(31)26(13-19(27)28)25(12-11-20(29)30)16-9-7-15(8-10-16)21(23)24;1-2(3)4/h3-10,14H,11-13H2,1-2H3,(H3,23,24)(H,29,30);1H3,(H,3,4). The summed E-state index contributed by atoms with van der Waals surface area (Å²) in [4.78, 5) is 48.5. The molecule has 0 bridgehead atoms. The number of carboxylic acid groups (broad SMARTS) is 2. The van der Waals surface area contributed by atoms with E-state index in [0.29, 0.717) is 22.5 Å². The highest BCUT2D eigenvalue weighted by Gasteiger charge is 2.35. The number of amides is 2. The van der Waals surface area contributed by atoms with E-state index in [9.17, 15) is 19.5 Å². The van der Waals surface area contributed by atoms with Crippen molar-refractivity contribution < 1.29 is 29.4 Å². The van der Waals surface area contributed by atoms with E-state index in [1.807, 2.05) is 13.8 Å². The second-order valence-electron chi connectivity index (χ2n) is 7.98. The number of hydrazine groups is 1. The smallest absolute Gasteiger partial charge is 0.305 e. The molecule has 3 rings (SSSR count). The second kappa shape index (κ2) is 11.6. The van der Waals surface area contributed by atoms with Gasteiger partial charge in [0.1, 0.15) is 12.4 Å². The van der Waals surface area contributed by atoms with Crippen molar-refractivity contribution in [2.24, 2.45) is 5.73 Å². The fraction of sp³-hybridized carbons (Fsp3) is 0.292. The molecule has 0 saturated carbocycles. The second-order valence-corrected chi connectivity index (χ2v) is 7.98. The van der Waals surface area contributed by atoms with Crippen LogP contribution in [-0.4, -0.2) is 63.9 Å². The van der Waals surface area contributed by atoms with Crippen LogP contribution < -0.4 is 15.6 Å². The number of carbonyl (C=O) groups is 4. The minimum atomic E-state index is -1.02. The lowest BCUT2D eigenvalue weighted by Gasteiger charge is -2.35. The highest BCUT2D eigenvalue weighted by Crippen LogP contribution is 2.29. The van der Waals surface area contributed by atoms with Gasteiger partial charge in [-0.05, 0) is 50.2 Å². The maximum atomic E-state index is 13.5. The molecular formula is C24H29N5O6. The predicted molar refractivity (Wildman–Crippen MR) is 130 cm³/mol. The van der Waals surface area contributed by atoms with Gasteiger partial charge in [0.25, 0.3) is 11.9 Å². The molecule has 2 amide bonds. The van der Waals surface area contributed by atoms with Crippen molar-refractivity contribution >= 4 is 41.0 Å². The number of nitrogens with zero attached hydrogens (tertiary/aromatic N) is 3. The maximum absolute atomic E-state index is 13.5. The average Bonchev–Trinajstić information content (AvgIpc) is 2.88. The highest BCUT2D eigenvalue weighted by atomic mass is 16.4. The van der Waals surface area contributed by atoms with Crippen LogP contribution in [0, 0.1) is 5.41 Å². The van der Waals surface area contributed by atoms with E-state index in [1.54, 1.807) is 53.4 Å². The van der Waals surface area contributed by atoms with E-state index in [1.165, 1.54) is 10.0 Å². The van der Waals surface area contributed by atoms with Crippen LogP contribution in [0.5, 0.6) is 0 Å². The molecule has 1 aliphatic heterocycles. The number of aliphatic carboxylic acids is 2. The molecule has 11 nitrogen and oxygen atoms in total. The summed E-state index contributed by atoms with van der Waals surface area (Å²) >= 11 is 0. The molecule has 1 aliphatic rings. The zero-order valence-corrected chi connectivity index (χ0v) is 19.8. The van der Waals surface area contributed by atoms with Crippen molar-refractivity contribution in [1.29, 1.82) is 5.41 Å². The third-order valence-corrected chi connectivity index (χ3v) is 5.00. The van der Waals surface area contributed by atoms with E-state index in [4.69, 9.17) is 21.0 Å². The summed E-state index contributed by atoms with van der Waals surface area (Å²) in [5, 5.41) is 27.0. The van der Waals surface area contributed by atoms with Gasteiger partial charge in [-0.15, -0.1) is 0 Å². The Morgan fingerprint density at radius 3 is 2.17 bits per heavy atom. The van der Waals surface area contributed by atoms with E-state index in [-0.39, 0.29) is 37.3 Å². The predicted octanol–water partition coefficient (Wildman–Crippen LogP) is 2.16. The molecule has 0 atom stereocenters. The van der Waals surface area contributed by atoms with Crippen LogP contribution in [0.1, 0.15) is 43.1 Å². The number of hydrogen-bond donors (Lipinski definition) is 4. The molecule has 186 valence electrons. The third kappa shape index (κ3) is 6.79. The van der Waals surface area contributed by atoms with Crippen LogP contribution in [0.15, 0.2) is 48.5 Å². The number of nitrogen functional groups attached to an aromatic ring is 1. The first kappa shape index (κ1) is 26.8. The Balaban J connectivity index is 0.00000100. The first-order valence-electron chi connectivity index (χ1n) is 10.8. The van der Waals surface area contributed by atoms with Gasteiger partial charge in [0.05, 0.1) is 29.9 Å². The molecule has 0 unspecified atom stereocenters. The van der Waals surface area contributed by atoms with Crippen molar-refractivity contribution in [3.05, 3.63) is 59.7 Å². The number of hydrogen-bond acceptors (Lipinski definition) is 6. The van der Waals surface area contributed by atoms with E-state index in [2.05, 4.69) is 0 Å². The zero-order chi connectivity index (χ0) is 26.3. The molecule has 11 heteroatoms. The fourth-order valence-corrected chi connectivity index (χ4v) is 3.58. The molecule has 2 aromatic carbocycles. The molecule has 0 aliphatic carbocycles. The monoisotopic (exact) mass is 483 g/mol. The molecule has 1 heterocycles. The number of anilines is 2. The maximum Gasteiger partial charge on any atom is 0.305 e. The van der Waals surface area contributed by atoms with E-state index in [0.717, 1.165) is 6.92 Å². The minimum Gasteiger partial charge on any atom is -0.481 e. The minimum absolute atomic E-state index is 0.0163. The van der Waals surface area contributed by atoms with Gasteiger partial charge in [0, 0.05) is 18.5 Å². The van der Waals surface area contributed by atoms with Crippen LogP contribution >= 0.6 is 0 Å². The Hall–Kier alpha value is -4.41. The summed E-state index contributed by atoms with van der Waals surface area (Å²) < 4.78 is 0. The largest absolute Gasteiger partial charge is 0.481 e. The lowest BCUT2D eigenvalue weighted by Crippen LogP contribution is -2.51. The third-order valence-electron chi connectivity index (χ3n) is 5.00. The Labute approximate surface area is 202 Å². The normalized spacial score (nSPS) is 12.9. The van der Waals surface area contributed by atoms with Crippen LogP contribution in [0.4, 0.5) is 11.4 Å². The number of benzene rings is 2. The van der Waals surface area contributed by atoms with Gasteiger partial charge >= 0.3 is 5.97 Å². The van der Waals surface area contributed by atoms with E-state index < -0.39 is 17.8 Å². The first-order chi connectivity index (χ1) is 16.4. The van der Waals surface area contributed by atoms with Gasteiger partial charge < -0.3 is 20.8 Å². The number of carboxylic acids is 2. The summed E-state index contributed by atoms with van der Waals surface area (Å²) in [6.45, 7) is 4.58. The number of para-hydroxylation sites is 1. The first-order valence-corrected chi connectivity index (χ1v) is 10.8. The van der Waals surface area contributed by atoms with Crippen molar-refractivity contribution in [2.45, 2.75) is 33.2 Å². The Morgan fingerprint density at radius 2 is 1.66 bits per heavy atom. The van der Waals surface area contributed by atoms with Crippen molar-refractivity contribution in [2.75, 3.05) is 23.0 Å². The summed E-state index contributed by atoms with van der Waals surface area (Å²) in [6, 6.07) is 13.3. The molecule has 0 fully saturated rings. The molecule has 0 radical (unpaired) electrons. The molecular weight excluding hydrogens is 454 g/mol. The molecule has 2 aromatic rings. The lowest BCUT2D eigenvalue weighted by atomic mass is 10.1. The molecule has 0 spiro atoms. The summed E-state index contributed by atoms with van der Waals surface area (Å²) in [5.41, 5.74) is 7.42. The topological polar surface area (TPSA) is 168 Å². The van der Waals surface area contributed by atoms with Crippen molar-refractivity contribution in [3.63, 3.8) is 0 Å². The van der Waals surface area contributed by atoms with Crippen LogP contribution in [-0.2, 0) is 14.4 Å². The van der Waals surface area contributed by atoms with Gasteiger partial charge in [-0.1, -0.05) is 12.1 Å². The summed E-state index contributed by atoms with van der Waals surface area (Å²) in [5.74, 6) is -2.63. The van der Waals surface area contributed by atoms with Gasteiger partial charge in [-0.2, -0.15) is 0 Å². The number of amidine groups is 1. The van der Waals surface area contributed by atoms with Gasteiger partial charge in [0.2, 0.25) is 5.91 Å². The lowest BCUT2D eigenvalue weighted by molar-refractivity contribution is -0.137. The van der Waals surface area contributed by atoms with Crippen LogP contribution in [0.3, 0.4) is 0 Å². The van der Waals surface area contributed by atoms with Crippen LogP contribution in [0.25, 0.3) is 0 Å². The summed E-state index contributed by atoms with van der Waals surface area (Å²) in [6.07, 6.45) is -0.234. The molecule has 5 N–H and O–H groups in total. The Bertz CT molecular complexity index is 1110. The number of nitrogens with one attached hydrogen (secondary N) is 1. The van der Waals surface area contributed by atoms with Crippen LogP contribution in [0.2, 0.25) is 0 Å². The van der Waals surface area contributed by atoms with Crippen molar-refractivity contribution in [1.82, 2.24) is 5.01 Å². The number of fused-ring (bicyclic) bond motifs is 1. The SMILES string of the molecule is CC(=O)O.CC(C)N1C(=O)CN(N(CCC(=O)O)c2ccc(C(=N)N)cc2)C(=O)c2ccccc21. The molecule has 0 saturated heterocycles. The quantitative estimate of drug-likeness (QED) is 0.343. The van der Waals surface area contributed by atoms with E-state index >= 15 is 0 Å². The summed E-state index contributed by atoms with van der Waals surface area (Å²) in [7, 11) is 0. The molecule has 0 aromatic heterocycles. The molecule has 35 heavy (non-hydrogen) atoms. The van der Waals surface area contributed by atoms with Crippen molar-refractivity contribution in [3.8, 4) is 0 Å². The number of nitrogens with two attached hydrogens (primary N) is 1. The fourth-order valence-electron chi connectivity index (χ4n) is 3.58. The van der Waals surface area contributed by atoms with Gasteiger partial charge in [-0.25, -0.2) is 5.01 Å². The average molecular weight is 484 g/mol. The Kier molecular flexibility index (Phi) is 8.92. The van der Waals surface area contributed by atoms with Gasteiger partial charge in [-0.3, -0.25) is 29.6 Å². The highest BCUT2D eigenvalue weighted by molar-refractivity contribution is 6.10. The number of rotatable bonds is 7. The van der Waals surface area contributed by atoms with Gasteiger partial charge in [0.15, 0.2) is 0 Å².